The second-order valence-corrected chi connectivity index (χ2v) is 7.58. The van der Waals surface area contributed by atoms with Crippen molar-refractivity contribution in [2.75, 3.05) is 33.4 Å². The molecule has 1 heterocycles. The summed E-state index contributed by atoms with van der Waals surface area (Å²) in [5, 5.41) is 6.68. The molecule has 1 aliphatic heterocycles. The van der Waals surface area contributed by atoms with Crippen molar-refractivity contribution in [1.29, 1.82) is 0 Å². The van der Waals surface area contributed by atoms with Gasteiger partial charge in [-0.3, -0.25) is 4.99 Å². The number of aliphatic imine (C=N–C) groups is 1. The van der Waals surface area contributed by atoms with E-state index < -0.39 is 0 Å². The van der Waals surface area contributed by atoms with Gasteiger partial charge >= 0.3 is 0 Å². The fourth-order valence-electron chi connectivity index (χ4n) is 3.26. The number of rotatable bonds is 10. The number of ether oxygens (including phenoxy) is 3. The largest absolute Gasteiger partial charge is 0.494 e. The van der Waals surface area contributed by atoms with Gasteiger partial charge in [0.2, 0.25) is 0 Å². The van der Waals surface area contributed by atoms with E-state index in [2.05, 4.69) is 40.7 Å². The highest BCUT2D eigenvalue weighted by Gasteiger charge is 2.18. The lowest BCUT2D eigenvalue weighted by atomic mass is 10.1. The Labute approximate surface area is 207 Å². The zero-order valence-corrected chi connectivity index (χ0v) is 21.1. The second kappa shape index (κ2) is 14.2. The van der Waals surface area contributed by atoms with Crippen LogP contribution in [0.2, 0.25) is 0 Å². The molecule has 0 spiro atoms. The lowest BCUT2D eigenvalue weighted by Gasteiger charge is -2.18. The van der Waals surface area contributed by atoms with Crippen LogP contribution in [0.3, 0.4) is 0 Å². The number of hydrogen-bond acceptors (Lipinski definition) is 4. The highest BCUT2D eigenvalue weighted by atomic mass is 127. The Bertz CT molecular complexity index is 843. The van der Waals surface area contributed by atoms with Crippen molar-refractivity contribution in [2.24, 2.45) is 4.99 Å². The summed E-state index contributed by atoms with van der Waals surface area (Å²) in [6.07, 6.45) is 2.87. The predicted molar refractivity (Wildman–Crippen MR) is 136 cm³/mol. The fourth-order valence-corrected chi connectivity index (χ4v) is 3.26. The van der Waals surface area contributed by atoms with Gasteiger partial charge in [0.05, 0.1) is 19.8 Å². The first-order chi connectivity index (χ1) is 15.1. The number of unbranched alkanes of at least 4 members (excludes halogenated alkanes) is 1. The van der Waals surface area contributed by atoms with Crippen LogP contribution in [-0.4, -0.2) is 45.5 Å². The minimum Gasteiger partial charge on any atom is -0.494 e. The smallest absolute Gasteiger partial charge is 0.191 e. The highest BCUT2D eigenvalue weighted by molar-refractivity contribution is 14.0. The zero-order valence-electron chi connectivity index (χ0n) is 18.7. The first-order valence-corrected chi connectivity index (χ1v) is 10.8. The molecule has 1 atom stereocenters. The van der Waals surface area contributed by atoms with E-state index >= 15 is 0 Å². The van der Waals surface area contributed by atoms with Crippen LogP contribution in [0.25, 0.3) is 0 Å². The summed E-state index contributed by atoms with van der Waals surface area (Å²) in [4.78, 5) is 4.29. The molecular weight excluding hydrogens is 524 g/mol. The number of guanidine groups is 1. The SMILES string of the molecule is CN=C(NCCCCOc1ccc(F)cc1)NCc1ccc(C)cc1OC1CCOC1.I. The Morgan fingerprint density at radius 3 is 2.69 bits per heavy atom. The number of nitrogens with one attached hydrogen (secondary N) is 2. The van der Waals surface area contributed by atoms with Crippen molar-refractivity contribution in [3.8, 4) is 11.5 Å². The summed E-state index contributed by atoms with van der Waals surface area (Å²) in [6.45, 7) is 5.47. The van der Waals surface area contributed by atoms with Crippen molar-refractivity contribution < 1.29 is 18.6 Å². The third kappa shape index (κ3) is 8.82. The van der Waals surface area contributed by atoms with Gasteiger partial charge < -0.3 is 24.8 Å². The van der Waals surface area contributed by atoms with Gasteiger partial charge in [0.25, 0.3) is 0 Å². The molecule has 0 saturated carbocycles. The maximum atomic E-state index is 12.9. The van der Waals surface area contributed by atoms with E-state index in [1.807, 2.05) is 0 Å². The minimum absolute atomic E-state index is 0. The molecule has 1 fully saturated rings. The van der Waals surface area contributed by atoms with E-state index in [4.69, 9.17) is 14.2 Å². The van der Waals surface area contributed by atoms with Crippen LogP contribution in [0.15, 0.2) is 47.5 Å². The average Bonchev–Trinajstić information content (AvgIpc) is 3.28. The van der Waals surface area contributed by atoms with Crippen LogP contribution in [0.5, 0.6) is 11.5 Å². The van der Waals surface area contributed by atoms with E-state index in [-0.39, 0.29) is 35.9 Å². The summed E-state index contributed by atoms with van der Waals surface area (Å²) in [7, 11) is 1.76. The molecule has 1 saturated heterocycles. The average molecular weight is 557 g/mol. The Morgan fingerprint density at radius 1 is 1.16 bits per heavy atom. The molecule has 0 amide bonds. The Hall–Kier alpha value is -2.07. The highest BCUT2D eigenvalue weighted by Crippen LogP contribution is 2.23. The Kier molecular flexibility index (Phi) is 11.6. The Balaban J connectivity index is 0.00000363. The second-order valence-electron chi connectivity index (χ2n) is 7.58. The zero-order chi connectivity index (χ0) is 21.9. The van der Waals surface area contributed by atoms with Gasteiger partial charge in [0.1, 0.15) is 23.4 Å². The molecule has 1 unspecified atom stereocenters. The summed E-state index contributed by atoms with van der Waals surface area (Å²) in [6, 6.07) is 12.3. The van der Waals surface area contributed by atoms with Crippen LogP contribution >= 0.6 is 24.0 Å². The minimum atomic E-state index is -0.257. The molecule has 32 heavy (non-hydrogen) atoms. The monoisotopic (exact) mass is 557 g/mol. The van der Waals surface area contributed by atoms with E-state index in [1.54, 1.807) is 19.2 Å². The summed E-state index contributed by atoms with van der Waals surface area (Å²) < 4.78 is 30.1. The molecule has 2 aromatic carbocycles. The molecule has 0 bridgehead atoms. The third-order valence-electron chi connectivity index (χ3n) is 5.02. The van der Waals surface area contributed by atoms with Gasteiger partial charge in [-0.1, -0.05) is 12.1 Å². The predicted octanol–water partition coefficient (Wildman–Crippen LogP) is 4.44. The van der Waals surface area contributed by atoms with Gasteiger partial charge in [-0.15, -0.1) is 24.0 Å². The lowest BCUT2D eigenvalue weighted by Crippen LogP contribution is -2.37. The molecule has 8 heteroatoms. The molecule has 2 N–H and O–H groups in total. The normalized spacial score (nSPS) is 15.7. The molecule has 1 aliphatic rings. The van der Waals surface area contributed by atoms with Crippen LogP contribution < -0.4 is 20.1 Å². The van der Waals surface area contributed by atoms with E-state index in [9.17, 15) is 4.39 Å². The summed E-state index contributed by atoms with van der Waals surface area (Å²) in [5.74, 6) is 2.08. The molecule has 2 aromatic rings. The van der Waals surface area contributed by atoms with Crippen molar-refractivity contribution in [1.82, 2.24) is 10.6 Å². The number of nitrogens with zero attached hydrogens (tertiary/aromatic N) is 1. The van der Waals surface area contributed by atoms with Crippen LogP contribution in [-0.2, 0) is 11.3 Å². The number of aryl methyl sites for hydroxylation is 1. The maximum Gasteiger partial charge on any atom is 0.191 e. The van der Waals surface area contributed by atoms with Crippen LogP contribution in [0, 0.1) is 12.7 Å². The standard InChI is InChI=1S/C24H32FN3O3.HI/c1-18-5-6-19(23(15-18)31-22-11-14-29-17-22)16-28-24(26-2)27-12-3-4-13-30-21-9-7-20(25)8-10-21;/h5-10,15,22H,3-4,11-14,16-17H2,1-2H3,(H2,26,27,28);1H. The molecule has 176 valence electrons. The summed E-state index contributed by atoms with van der Waals surface area (Å²) >= 11 is 0. The van der Waals surface area contributed by atoms with E-state index in [0.717, 1.165) is 49.7 Å². The first-order valence-electron chi connectivity index (χ1n) is 10.8. The van der Waals surface area contributed by atoms with Crippen molar-refractivity contribution in [3.63, 3.8) is 0 Å². The van der Waals surface area contributed by atoms with E-state index in [0.29, 0.717) is 25.5 Å². The summed E-state index contributed by atoms with van der Waals surface area (Å²) in [5.41, 5.74) is 2.26. The van der Waals surface area contributed by atoms with Crippen LogP contribution in [0.1, 0.15) is 30.4 Å². The van der Waals surface area contributed by atoms with Crippen LogP contribution in [0.4, 0.5) is 4.39 Å². The van der Waals surface area contributed by atoms with Crippen molar-refractivity contribution in [3.05, 3.63) is 59.4 Å². The quantitative estimate of drug-likeness (QED) is 0.196. The molecule has 3 rings (SSSR count). The third-order valence-corrected chi connectivity index (χ3v) is 5.02. The number of benzene rings is 2. The number of halogens is 2. The fraction of sp³-hybridized carbons (Fsp3) is 0.458. The molecule has 0 aliphatic carbocycles. The van der Waals surface area contributed by atoms with Gasteiger partial charge in [0, 0.05) is 32.1 Å². The molecule has 6 nitrogen and oxygen atoms in total. The molecule has 0 radical (unpaired) electrons. The Morgan fingerprint density at radius 2 is 1.97 bits per heavy atom. The topological polar surface area (TPSA) is 64.1 Å². The van der Waals surface area contributed by atoms with E-state index in [1.165, 1.54) is 17.7 Å². The van der Waals surface area contributed by atoms with Gasteiger partial charge in [-0.25, -0.2) is 4.39 Å². The molecule has 0 aromatic heterocycles. The van der Waals surface area contributed by atoms with Gasteiger partial charge in [-0.2, -0.15) is 0 Å². The molecular formula is C24H33FIN3O3. The lowest BCUT2D eigenvalue weighted by molar-refractivity contribution is 0.140. The van der Waals surface area contributed by atoms with Crippen molar-refractivity contribution >= 4 is 29.9 Å². The first kappa shape index (κ1) is 26.2. The van der Waals surface area contributed by atoms with Gasteiger partial charge in [0.15, 0.2) is 5.96 Å². The van der Waals surface area contributed by atoms with Crippen molar-refractivity contribution in [2.45, 2.75) is 38.8 Å². The van der Waals surface area contributed by atoms with Gasteiger partial charge in [-0.05, 0) is 55.7 Å². The number of hydrogen-bond donors (Lipinski definition) is 2. The maximum absolute atomic E-state index is 12.9.